The first-order chi connectivity index (χ1) is 21.4. The number of rotatable bonds is 2. The quantitative estimate of drug-likeness (QED) is 0.433. The molecule has 3 aliphatic heterocycles. The van der Waals surface area contributed by atoms with Crippen LogP contribution in [0.2, 0.25) is 0 Å². The van der Waals surface area contributed by atoms with Gasteiger partial charge in [0.2, 0.25) is 0 Å². The predicted octanol–water partition coefficient (Wildman–Crippen LogP) is 2.40. The van der Waals surface area contributed by atoms with Gasteiger partial charge in [-0.25, -0.2) is 10.4 Å². The van der Waals surface area contributed by atoms with Gasteiger partial charge < -0.3 is 15.0 Å². The van der Waals surface area contributed by atoms with Crippen LogP contribution in [0.15, 0.2) is 36.4 Å². The SMILES string of the molecule is C[C@@H]1NC(=O)[C@@H](CC2CCCN(C)C2)OC(=O)C(C)(C)/C=C/c2ccc3ccc(nc3c2)N(C)NC(=O)[C@@H]2CCCN(N2)C1=O. The van der Waals surface area contributed by atoms with Gasteiger partial charge in [-0.15, -0.1) is 0 Å². The van der Waals surface area contributed by atoms with E-state index < -0.39 is 35.5 Å². The van der Waals surface area contributed by atoms with Gasteiger partial charge >= 0.3 is 5.97 Å². The summed E-state index contributed by atoms with van der Waals surface area (Å²) in [5, 5.41) is 6.66. The second-order valence-corrected chi connectivity index (χ2v) is 13.2. The number of fused-ring (bicyclic) bond motifs is 4. The first-order valence-electron chi connectivity index (χ1n) is 15.8. The average Bonchev–Trinajstić information content (AvgIpc) is 3.02. The summed E-state index contributed by atoms with van der Waals surface area (Å²) in [6, 6.07) is 8.00. The van der Waals surface area contributed by atoms with Crippen molar-refractivity contribution in [3.8, 4) is 0 Å². The van der Waals surface area contributed by atoms with Crippen LogP contribution in [0.1, 0.15) is 58.4 Å². The molecule has 4 atom stereocenters. The van der Waals surface area contributed by atoms with Gasteiger partial charge in [-0.05, 0) is 96.1 Å². The first-order valence-corrected chi connectivity index (χ1v) is 15.8. The Hall–Kier alpha value is -4.03. The molecule has 45 heavy (non-hydrogen) atoms. The highest BCUT2D eigenvalue weighted by Crippen LogP contribution is 2.27. The minimum atomic E-state index is -1.06. The summed E-state index contributed by atoms with van der Waals surface area (Å²) in [7, 11) is 3.76. The molecule has 0 aliphatic carbocycles. The number of cyclic esters (lactones) is 1. The van der Waals surface area contributed by atoms with Crippen molar-refractivity contribution in [1.82, 2.24) is 31.1 Å². The zero-order valence-electron chi connectivity index (χ0n) is 26.8. The molecule has 12 nitrogen and oxygen atoms in total. The van der Waals surface area contributed by atoms with Gasteiger partial charge in [0.05, 0.1) is 10.9 Å². The van der Waals surface area contributed by atoms with Crippen molar-refractivity contribution in [2.75, 3.05) is 38.7 Å². The number of pyridine rings is 1. The van der Waals surface area contributed by atoms with Crippen molar-refractivity contribution in [2.45, 2.75) is 71.1 Å². The molecule has 1 unspecified atom stereocenters. The average molecular weight is 620 g/mol. The topological polar surface area (TPSA) is 136 Å². The molecule has 5 bridgehead atoms. The molecule has 2 saturated heterocycles. The molecular weight excluding hydrogens is 574 g/mol. The highest BCUT2D eigenvalue weighted by molar-refractivity contribution is 5.91. The number of benzene rings is 1. The van der Waals surface area contributed by atoms with Crippen LogP contribution in [0.3, 0.4) is 0 Å². The van der Waals surface area contributed by atoms with Crippen LogP contribution >= 0.6 is 0 Å². The molecule has 242 valence electrons. The Morgan fingerprint density at radius 1 is 1.00 bits per heavy atom. The highest BCUT2D eigenvalue weighted by atomic mass is 16.5. The first kappa shape index (κ1) is 32.4. The molecule has 2 aromatic rings. The van der Waals surface area contributed by atoms with E-state index in [1.54, 1.807) is 38.9 Å². The third-order valence-corrected chi connectivity index (χ3v) is 8.85. The normalized spacial score (nSPS) is 27.9. The van der Waals surface area contributed by atoms with E-state index in [4.69, 9.17) is 9.72 Å². The van der Waals surface area contributed by atoms with Crippen LogP contribution in [0, 0.1) is 11.3 Å². The van der Waals surface area contributed by atoms with Gasteiger partial charge in [-0.2, -0.15) is 0 Å². The molecule has 5 rings (SSSR count). The van der Waals surface area contributed by atoms with Crippen LogP contribution in [-0.2, 0) is 23.9 Å². The van der Waals surface area contributed by atoms with Gasteiger partial charge in [-0.1, -0.05) is 24.3 Å². The molecule has 3 amide bonds. The largest absolute Gasteiger partial charge is 0.452 e. The van der Waals surface area contributed by atoms with E-state index >= 15 is 0 Å². The van der Waals surface area contributed by atoms with Gasteiger partial charge in [0, 0.05) is 25.5 Å². The Labute approximate surface area is 264 Å². The zero-order chi connectivity index (χ0) is 32.3. The minimum absolute atomic E-state index is 0.169. The molecule has 12 heteroatoms. The molecule has 1 aromatic carbocycles. The van der Waals surface area contributed by atoms with E-state index in [9.17, 15) is 19.2 Å². The monoisotopic (exact) mass is 619 g/mol. The van der Waals surface area contributed by atoms with E-state index in [2.05, 4.69) is 21.1 Å². The third-order valence-electron chi connectivity index (χ3n) is 8.85. The maximum Gasteiger partial charge on any atom is 0.316 e. The number of hydrogen-bond acceptors (Lipinski definition) is 9. The van der Waals surface area contributed by atoms with Crippen LogP contribution < -0.4 is 21.2 Å². The summed E-state index contributed by atoms with van der Waals surface area (Å²) >= 11 is 0. The molecule has 0 saturated carbocycles. The highest BCUT2D eigenvalue weighted by Gasteiger charge is 2.36. The number of likely N-dealkylation sites (tertiary alicyclic amines) is 1. The Balaban J connectivity index is 1.47. The van der Waals surface area contributed by atoms with Gasteiger partial charge in [0.25, 0.3) is 17.7 Å². The fourth-order valence-corrected chi connectivity index (χ4v) is 6.08. The molecule has 1 aromatic heterocycles. The number of ether oxygens (including phenoxy) is 1. The smallest absolute Gasteiger partial charge is 0.316 e. The lowest BCUT2D eigenvalue weighted by Crippen LogP contribution is -2.62. The van der Waals surface area contributed by atoms with Gasteiger partial charge in [-0.3, -0.25) is 34.6 Å². The maximum absolute atomic E-state index is 13.6. The zero-order valence-corrected chi connectivity index (χ0v) is 26.8. The summed E-state index contributed by atoms with van der Waals surface area (Å²) in [6.45, 7) is 7.28. The van der Waals surface area contributed by atoms with Crippen LogP contribution in [0.4, 0.5) is 5.82 Å². The molecule has 3 N–H and O–H groups in total. The van der Waals surface area contributed by atoms with E-state index in [-0.39, 0.29) is 17.7 Å². The Kier molecular flexibility index (Phi) is 9.73. The van der Waals surface area contributed by atoms with E-state index in [0.717, 1.165) is 42.4 Å². The summed E-state index contributed by atoms with van der Waals surface area (Å²) in [6.07, 6.45) is 5.98. The number of hydrogen-bond donors (Lipinski definition) is 3. The fourth-order valence-electron chi connectivity index (χ4n) is 6.08. The van der Waals surface area contributed by atoms with Crippen molar-refractivity contribution < 1.29 is 23.9 Å². The van der Waals surface area contributed by atoms with E-state index in [1.165, 1.54) is 5.01 Å². The number of carbonyl (C=O) groups excluding carboxylic acids is 4. The van der Waals surface area contributed by atoms with Crippen molar-refractivity contribution in [2.24, 2.45) is 11.3 Å². The van der Waals surface area contributed by atoms with E-state index in [0.29, 0.717) is 31.6 Å². The Morgan fingerprint density at radius 3 is 2.53 bits per heavy atom. The van der Waals surface area contributed by atoms with E-state index in [1.807, 2.05) is 43.5 Å². The lowest BCUT2D eigenvalue weighted by molar-refractivity contribution is -0.164. The van der Waals surface area contributed by atoms with Crippen molar-refractivity contribution in [1.29, 1.82) is 0 Å². The predicted molar refractivity (Wildman–Crippen MR) is 171 cm³/mol. The van der Waals surface area contributed by atoms with Crippen LogP contribution in [0.25, 0.3) is 17.0 Å². The number of nitrogens with one attached hydrogen (secondary N) is 3. The number of piperidine rings is 1. The number of hydrazine groups is 2. The summed E-state index contributed by atoms with van der Waals surface area (Å²) in [4.78, 5) is 60.9. The van der Waals surface area contributed by atoms with Crippen LogP contribution in [-0.4, -0.2) is 90.5 Å². The number of esters is 1. The molecule has 4 heterocycles. The molecule has 2 fully saturated rings. The number of anilines is 1. The number of aromatic nitrogens is 1. The molecule has 0 radical (unpaired) electrons. The lowest BCUT2D eigenvalue weighted by atomic mass is 9.90. The summed E-state index contributed by atoms with van der Waals surface area (Å²) < 4.78 is 5.95. The van der Waals surface area contributed by atoms with Crippen molar-refractivity contribution >= 4 is 46.5 Å². The standard InChI is InChI=1S/C33H45N7O5/c1-21-31(43)40-17-7-9-25(36-40)29(41)37-39(5)28-13-12-24-11-10-22(18-26(24)35-28)14-15-33(2,3)32(44)45-27(30(42)34-21)19-23-8-6-16-38(4)20-23/h10-15,18,21,23,25,27,36H,6-9,16-17,19-20H2,1-5H3,(H,34,42)(H,37,41)/b15-14+/t21-,23?,25-,27+/m0/s1. The summed E-state index contributed by atoms with van der Waals surface area (Å²) in [5.74, 6) is -1.00. The second-order valence-electron chi connectivity index (χ2n) is 13.2. The molecule has 3 aliphatic rings. The number of carbonyl (C=O) groups is 4. The lowest BCUT2D eigenvalue weighted by Gasteiger charge is -2.36. The second kappa shape index (κ2) is 13.5. The third kappa shape index (κ3) is 7.80. The molecular formula is C33H45N7O5. The maximum atomic E-state index is 13.6. The number of nitrogens with zero attached hydrogens (tertiary/aromatic N) is 4. The van der Waals surface area contributed by atoms with Gasteiger partial charge in [0.1, 0.15) is 17.9 Å². The summed E-state index contributed by atoms with van der Waals surface area (Å²) in [5.41, 5.74) is 6.43. The van der Waals surface area contributed by atoms with Crippen LogP contribution in [0.5, 0.6) is 0 Å². The Morgan fingerprint density at radius 2 is 1.76 bits per heavy atom. The fraction of sp³-hybridized carbons (Fsp3) is 0.545. The van der Waals surface area contributed by atoms with Gasteiger partial charge in [0.15, 0.2) is 6.10 Å². The van der Waals surface area contributed by atoms with Crippen molar-refractivity contribution in [3.05, 3.63) is 42.0 Å². The van der Waals surface area contributed by atoms with Crippen molar-refractivity contribution in [3.63, 3.8) is 0 Å². The Bertz CT molecular complexity index is 1480. The number of amides is 3. The minimum Gasteiger partial charge on any atom is -0.452 e. The molecule has 0 spiro atoms.